The van der Waals surface area contributed by atoms with Crippen LogP contribution in [0.25, 0.3) is 0 Å². The van der Waals surface area contributed by atoms with Crippen LogP contribution in [0.15, 0.2) is 30.3 Å². The Bertz CT molecular complexity index is 281. The number of hydrogen-bond donors (Lipinski definition) is 1. The highest BCUT2D eigenvalue weighted by Gasteiger charge is 2.26. The molecule has 1 aliphatic rings. The first-order valence-electron chi connectivity index (χ1n) is 5.64. The van der Waals surface area contributed by atoms with Crippen LogP contribution < -0.4 is 4.90 Å². The molecule has 1 aliphatic heterocycles. The molecule has 0 saturated carbocycles. The van der Waals surface area contributed by atoms with E-state index >= 15 is 0 Å². The molecule has 2 rings (SSSR count). The molecular weight excluding hydrogens is 170 g/mol. The van der Waals surface area contributed by atoms with E-state index in [1.807, 2.05) is 0 Å². The van der Waals surface area contributed by atoms with Gasteiger partial charge in [0.2, 0.25) is 0 Å². The highest BCUT2D eigenvalue weighted by molar-refractivity contribution is 5.19. The number of likely N-dealkylation sites (tertiary alicyclic amines) is 1. The molecule has 14 heavy (non-hydrogen) atoms. The Balaban J connectivity index is 2.07. The Morgan fingerprint density at radius 3 is 2.57 bits per heavy atom. The summed E-state index contributed by atoms with van der Waals surface area (Å²) in [7, 11) is 2.31. The summed E-state index contributed by atoms with van der Waals surface area (Å²) < 4.78 is 0. The van der Waals surface area contributed by atoms with Crippen LogP contribution in [-0.4, -0.2) is 19.6 Å². The van der Waals surface area contributed by atoms with E-state index in [2.05, 4.69) is 44.3 Å². The second-order valence-corrected chi connectivity index (χ2v) is 4.63. The lowest BCUT2D eigenvalue weighted by molar-refractivity contribution is -0.909. The lowest BCUT2D eigenvalue weighted by Gasteiger charge is -2.32. The van der Waals surface area contributed by atoms with Crippen LogP contribution in [0.1, 0.15) is 31.2 Å². The molecule has 1 N–H and O–H groups in total. The summed E-state index contributed by atoms with van der Waals surface area (Å²) >= 11 is 0. The van der Waals surface area contributed by atoms with Crippen LogP contribution in [0.4, 0.5) is 0 Å². The number of benzene rings is 1. The minimum atomic E-state index is 0.801. The molecule has 0 aliphatic carbocycles. The van der Waals surface area contributed by atoms with Crippen molar-refractivity contribution in [2.75, 3.05) is 13.6 Å². The van der Waals surface area contributed by atoms with Crippen LogP contribution in [0, 0.1) is 0 Å². The van der Waals surface area contributed by atoms with Crippen molar-refractivity contribution in [2.45, 2.75) is 31.7 Å². The van der Waals surface area contributed by atoms with Crippen molar-refractivity contribution < 1.29 is 4.90 Å². The molecule has 0 aromatic heterocycles. The SMILES string of the molecule is C[C@H]1C[C@H](c2ccccc2)CC[NH+]1C. The quantitative estimate of drug-likeness (QED) is 0.684. The van der Waals surface area contributed by atoms with E-state index in [-0.39, 0.29) is 0 Å². The average Bonchev–Trinajstić information content (AvgIpc) is 2.23. The second-order valence-electron chi connectivity index (χ2n) is 4.63. The van der Waals surface area contributed by atoms with Gasteiger partial charge in [-0.2, -0.15) is 0 Å². The molecule has 1 heterocycles. The van der Waals surface area contributed by atoms with Gasteiger partial charge in [0.1, 0.15) is 0 Å². The van der Waals surface area contributed by atoms with Crippen molar-refractivity contribution in [3.8, 4) is 0 Å². The van der Waals surface area contributed by atoms with Gasteiger partial charge in [-0.1, -0.05) is 30.3 Å². The Morgan fingerprint density at radius 1 is 1.21 bits per heavy atom. The molecule has 1 unspecified atom stereocenters. The Kier molecular flexibility index (Phi) is 2.87. The minimum Gasteiger partial charge on any atom is -0.335 e. The third kappa shape index (κ3) is 1.98. The van der Waals surface area contributed by atoms with Crippen LogP contribution in [0.3, 0.4) is 0 Å². The molecular formula is C13H20N+. The largest absolute Gasteiger partial charge is 0.335 e. The molecule has 0 bridgehead atoms. The first kappa shape index (κ1) is 9.72. The highest BCUT2D eigenvalue weighted by Crippen LogP contribution is 2.25. The van der Waals surface area contributed by atoms with Crippen LogP contribution >= 0.6 is 0 Å². The van der Waals surface area contributed by atoms with Crippen LogP contribution in [-0.2, 0) is 0 Å². The third-order valence-corrected chi connectivity index (χ3v) is 3.64. The van der Waals surface area contributed by atoms with Gasteiger partial charge in [0.05, 0.1) is 19.6 Å². The van der Waals surface area contributed by atoms with Crippen LogP contribution in [0.5, 0.6) is 0 Å². The van der Waals surface area contributed by atoms with Crippen molar-refractivity contribution in [2.24, 2.45) is 0 Å². The fourth-order valence-electron chi connectivity index (χ4n) is 2.42. The summed E-state index contributed by atoms with van der Waals surface area (Å²) in [5, 5.41) is 0. The van der Waals surface area contributed by atoms with E-state index in [0.717, 1.165) is 12.0 Å². The molecule has 0 spiro atoms. The number of nitrogens with one attached hydrogen (secondary N) is 1. The molecule has 1 aromatic rings. The van der Waals surface area contributed by atoms with Crippen molar-refractivity contribution in [3.05, 3.63) is 35.9 Å². The second kappa shape index (κ2) is 4.14. The van der Waals surface area contributed by atoms with Gasteiger partial charge in [0.25, 0.3) is 0 Å². The minimum absolute atomic E-state index is 0.801. The van der Waals surface area contributed by atoms with E-state index in [1.54, 1.807) is 4.90 Å². The van der Waals surface area contributed by atoms with Gasteiger partial charge in [0.15, 0.2) is 0 Å². The van der Waals surface area contributed by atoms with Gasteiger partial charge in [-0.15, -0.1) is 0 Å². The lowest BCUT2D eigenvalue weighted by Crippen LogP contribution is -3.13. The van der Waals surface area contributed by atoms with Gasteiger partial charge in [0, 0.05) is 12.8 Å². The number of quaternary nitrogens is 1. The van der Waals surface area contributed by atoms with E-state index in [1.165, 1.54) is 24.9 Å². The molecule has 76 valence electrons. The van der Waals surface area contributed by atoms with Crippen LogP contribution in [0.2, 0.25) is 0 Å². The van der Waals surface area contributed by atoms with Gasteiger partial charge < -0.3 is 4.90 Å². The molecule has 1 aromatic carbocycles. The van der Waals surface area contributed by atoms with Gasteiger partial charge >= 0.3 is 0 Å². The lowest BCUT2D eigenvalue weighted by atomic mass is 9.86. The van der Waals surface area contributed by atoms with E-state index in [9.17, 15) is 0 Å². The zero-order valence-electron chi connectivity index (χ0n) is 9.16. The molecule has 0 radical (unpaired) electrons. The van der Waals surface area contributed by atoms with Gasteiger partial charge in [-0.05, 0) is 18.4 Å². The van der Waals surface area contributed by atoms with E-state index in [0.29, 0.717) is 0 Å². The fraction of sp³-hybridized carbons (Fsp3) is 0.538. The smallest absolute Gasteiger partial charge is 0.0850 e. The zero-order chi connectivity index (χ0) is 9.97. The summed E-state index contributed by atoms with van der Waals surface area (Å²) in [6, 6.07) is 11.8. The first-order chi connectivity index (χ1) is 6.77. The summed E-state index contributed by atoms with van der Waals surface area (Å²) in [5.41, 5.74) is 1.53. The molecule has 1 nitrogen and oxygen atoms in total. The fourth-order valence-corrected chi connectivity index (χ4v) is 2.42. The number of piperidine rings is 1. The van der Waals surface area contributed by atoms with Gasteiger partial charge in [-0.3, -0.25) is 0 Å². The van der Waals surface area contributed by atoms with Crippen molar-refractivity contribution >= 4 is 0 Å². The first-order valence-corrected chi connectivity index (χ1v) is 5.64. The normalized spacial score (nSPS) is 32.9. The molecule has 0 amide bonds. The Morgan fingerprint density at radius 2 is 1.93 bits per heavy atom. The zero-order valence-corrected chi connectivity index (χ0v) is 9.16. The summed E-state index contributed by atoms with van der Waals surface area (Å²) in [4.78, 5) is 1.69. The Hall–Kier alpha value is -0.820. The van der Waals surface area contributed by atoms with E-state index < -0.39 is 0 Å². The monoisotopic (exact) mass is 190 g/mol. The molecule has 1 heteroatoms. The maximum Gasteiger partial charge on any atom is 0.0850 e. The maximum absolute atomic E-state index is 2.37. The standard InChI is InChI=1S/C13H19N/c1-11-10-13(8-9-14(11)2)12-6-4-3-5-7-12/h3-7,11,13H,8-10H2,1-2H3/p+1/t11-,13+/m0/s1. The van der Waals surface area contributed by atoms with Crippen molar-refractivity contribution in [3.63, 3.8) is 0 Å². The third-order valence-electron chi connectivity index (χ3n) is 3.64. The predicted octanol–water partition coefficient (Wildman–Crippen LogP) is 1.47. The number of hydrogen-bond acceptors (Lipinski definition) is 0. The highest BCUT2D eigenvalue weighted by atomic mass is 15.1. The summed E-state index contributed by atoms with van der Waals surface area (Å²) in [6.45, 7) is 3.69. The average molecular weight is 190 g/mol. The molecule has 1 fully saturated rings. The summed E-state index contributed by atoms with van der Waals surface area (Å²) in [5.74, 6) is 0.801. The van der Waals surface area contributed by atoms with Gasteiger partial charge in [-0.25, -0.2) is 0 Å². The van der Waals surface area contributed by atoms with E-state index in [4.69, 9.17) is 0 Å². The summed E-state index contributed by atoms with van der Waals surface area (Å²) in [6.07, 6.45) is 2.69. The topological polar surface area (TPSA) is 4.44 Å². The molecule has 1 saturated heterocycles. The maximum atomic E-state index is 2.37. The van der Waals surface area contributed by atoms with Crippen molar-refractivity contribution in [1.82, 2.24) is 0 Å². The molecule has 3 atom stereocenters. The predicted molar refractivity (Wildman–Crippen MR) is 59.6 cm³/mol. The Labute approximate surface area is 86.7 Å². The number of rotatable bonds is 1. The van der Waals surface area contributed by atoms with Crippen molar-refractivity contribution in [1.29, 1.82) is 0 Å².